The molecule has 128 valence electrons. The first-order valence-electron chi connectivity index (χ1n) is 8.30. The Labute approximate surface area is 144 Å². The van der Waals surface area contributed by atoms with Crippen LogP contribution in [0.5, 0.6) is 5.75 Å². The third kappa shape index (κ3) is 3.51. The van der Waals surface area contributed by atoms with Crippen LogP contribution in [0.25, 0.3) is 16.8 Å². The van der Waals surface area contributed by atoms with Gasteiger partial charge in [0, 0.05) is 0 Å². The van der Waals surface area contributed by atoms with Gasteiger partial charge in [0.05, 0.1) is 0 Å². The molecule has 0 unspecified atom stereocenters. The van der Waals surface area contributed by atoms with Gasteiger partial charge >= 0.3 is 0 Å². The zero-order chi connectivity index (χ0) is 17.1. The smallest absolute Gasteiger partial charge is 0.149 e. The summed E-state index contributed by atoms with van der Waals surface area (Å²) in [6.07, 6.45) is 3.67. The number of benzene rings is 2. The van der Waals surface area contributed by atoms with E-state index in [1.807, 2.05) is 30.3 Å². The monoisotopic (exact) mass is 339 g/mol. The molecule has 0 bridgehead atoms. The maximum atomic E-state index is 14.3. The van der Waals surface area contributed by atoms with Crippen molar-refractivity contribution in [3.63, 3.8) is 0 Å². The van der Waals surface area contributed by atoms with Crippen molar-refractivity contribution < 1.29 is 9.13 Å². The normalized spacial score (nSPS) is 15.2. The minimum absolute atomic E-state index is 0.264. The highest BCUT2D eigenvalue weighted by Crippen LogP contribution is 2.26. The van der Waals surface area contributed by atoms with Gasteiger partial charge in [-0.15, -0.1) is 5.10 Å². The summed E-state index contributed by atoms with van der Waals surface area (Å²) in [6.45, 7) is 1.99. The number of hydrogen-bond donors (Lipinski definition) is 1. The van der Waals surface area contributed by atoms with E-state index in [1.165, 1.54) is 17.1 Å². The zero-order valence-corrected chi connectivity index (χ0v) is 13.6. The molecule has 0 spiro atoms. The summed E-state index contributed by atoms with van der Waals surface area (Å²) in [4.78, 5) is 0. The Morgan fingerprint density at radius 1 is 1.04 bits per heavy atom. The summed E-state index contributed by atoms with van der Waals surface area (Å²) in [6, 6.07) is 12.8. The number of tetrazole rings is 1. The van der Waals surface area contributed by atoms with Crippen molar-refractivity contribution >= 4 is 0 Å². The summed E-state index contributed by atoms with van der Waals surface area (Å²) in [5.74, 6) is 0.473. The predicted molar refractivity (Wildman–Crippen MR) is 91.1 cm³/mol. The van der Waals surface area contributed by atoms with Gasteiger partial charge in [-0.3, -0.25) is 0 Å². The first kappa shape index (κ1) is 15.7. The molecule has 3 aromatic rings. The average Bonchev–Trinajstić information content (AvgIpc) is 3.17. The molecule has 0 saturated carbocycles. The van der Waals surface area contributed by atoms with Crippen LogP contribution in [0, 0.1) is 5.82 Å². The molecule has 1 N–H and O–H groups in total. The number of piperidine rings is 1. The van der Waals surface area contributed by atoms with Crippen LogP contribution in [0.15, 0.2) is 48.8 Å². The maximum Gasteiger partial charge on any atom is 0.149 e. The summed E-state index contributed by atoms with van der Waals surface area (Å²) >= 11 is 0. The lowest BCUT2D eigenvalue weighted by Crippen LogP contribution is -2.34. The van der Waals surface area contributed by atoms with Gasteiger partial charge < -0.3 is 10.1 Å². The van der Waals surface area contributed by atoms with Crippen LogP contribution in [-0.4, -0.2) is 39.4 Å². The van der Waals surface area contributed by atoms with Crippen LogP contribution < -0.4 is 10.1 Å². The highest BCUT2D eigenvalue weighted by Gasteiger charge is 2.14. The van der Waals surface area contributed by atoms with Crippen molar-refractivity contribution in [1.82, 2.24) is 25.5 Å². The van der Waals surface area contributed by atoms with Crippen molar-refractivity contribution in [2.75, 3.05) is 13.1 Å². The molecule has 2 aromatic carbocycles. The second kappa shape index (κ2) is 6.98. The predicted octanol–water partition coefficient (Wildman–Crippen LogP) is 2.60. The standard InChI is InChI=1S/C18H18FN5O/c19-17-11-14(3-6-18(17)24-12-21-22-23-24)13-1-4-15(5-2-13)25-16-7-9-20-10-8-16/h1-6,11-12,16,20H,7-10H2. The fourth-order valence-corrected chi connectivity index (χ4v) is 2.98. The number of hydrogen-bond acceptors (Lipinski definition) is 5. The van der Waals surface area contributed by atoms with Crippen molar-refractivity contribution in [2.24, 2.45) is 0 Å². The van der Waals surface area contributed by atoms with Crippen LogP contribution in [0.2, 0.25) is 0 Å². The lowest BCUT2D eigenvalue weighted by Gasteiger charge is -2.23. The largest absolute Gasteiger partial charge is 0.490 e. The molecule has 0 aliphatic carbocycles. The Kier molecular flexibility index (Phi) is 4.39. The molecule has 1 aromatic heterocycles. The van der Waals surface area contributed by atoms with Crippen molar-refractivity contribution in [3.8, 4) is 22.6 Å². The molecule has 2 heterocycles. The highest BCUT2D eigenvalue weighted by atomic mass is 19.1. The third-order valence-corrected chi connectivity index (χ3v) is 4.32. The van der Waals surface area contributed by atoms with Crippen molar-refractivity contribution in [2.45, 2.75) is 18.9 Å². The maximum absolute atomic E-state index is 14.3. The molecular formula is C18H18FN5O. The number of nitrogens with one attached hydrogen (secondary N) is 1. The molecular weight excluding hydrogens is 321 g/mol. The average molecular weight is 339 g/mol. The van der Waals surface area contributed by atoms with E-state index >= 15 is 0 Å². The van der Waals surface area contributed by atoms with Gasteiger partial charge in [-0.25, -0.2) is 4.39 Å². The number of aromatic nitrogens is 4. The SMILES string of the molecule is Fc1cc(-c2ccc(OC3CCNCC3)cc2)ccc1-n1cnnn1. The molecule has 1 fully saturated rings. The third-order valence-electron chi connectivity index (χ3n) is 4.32. The molecule has 0 radical (unpaired) electrons. The summed E-state index contributed by atoms with van der Waals surface area (Å²) in [5.41, 5.74) is 2.04. The Bertz CT molecular complexity index is 829. The van der Waals surface area contributed by atoms with Crippen molar-refractivity contribution in [3.05, 3.63) is 54.6 Å². The molecule has 7 heteroatoms. The number of nitrogens with zero attached hydrogens (tertiary/aromatic N) is 4. The zero-order valence-electron chi connectivity index (χ0n) is 13.6. The van der Waals surface area contributed by atoms with Crippen LogP contribution in [0.4, 0.5) is 4.39 Å². The van der Waals surface area contributed by atoms with Gasteiger partial charge in [0.25, 0.3) is 0 Å². The van der Waals surface area contributed by atoms with Crippen molar-refractivity contribution in [1.29, 1.82) is 0 Å². The van der Waals surface area contributed by atoms with Gasteiger partial charge in [0.15, 0.2) is 0 Å². The van der Waals surface area contributed by atoms with Gasteiger partial charge in [-0.1, -0.05) is 18.2 Å². The first-order chi connectivity index (χ1) is 12.3. The Hall–Kier alpha value is -2.80. The molecule has 0 amide bonds. The molecule has 4 rings (SSSR count). The minimum atomic E-state index is -0.375. The summed E-state index contributed by atoms with van der Waals surface area (Å²) in [5, 5.41) is 14.1. The van der Waals surface area contributed by atoms with E-state index in [1.54, 1.807) is 6.07 Å². The van der Waals surface area contributed by atoms with E-state index in [0.29, 0.717) is 5.69 Å². The Morgan fingerprint density at radius 2 is 1.80 bits per heavy atom. The Morgan fingerprint density at radius 3 is 2.48 bits per heavy atom. The topological polar surface area (TPSA) is 64.9 Å². The van der Waals surface area contributed by atoms with Crippen LogP contribution in [0.3, 0.4) is 0 Å². The number of ether oxygens (including phenoxy) is 1. The van der Waals surface area contributed by atoms with Crippen LogP contribution in [0.1, 0.15) is 12.8 Å². The van der Waals surface area contributed by atoms with E-state index in [4.69, 9.17) is 4.74 Å². The van der Waals surface area contributed by atoms with E-state index in [-0.39, 0.29) is 11.9 Å². The quantitative estimate of drug-likeness (QED) is 0.791. The second-order valence-corrected chi connectivity index (χ2v) is 6.01. The van der Waals surface area contributed by atoms with Crippen LogP contribution in [-0.2, 0) is 0 Å². The van der Waals surface area contributed by atoms with E-state index in [0.717, 1.165) is 42.8 Å². The molecule has 25 heavy (non-hydrogen) atoms. The van der Waals surface area contributed by atoms with E-state index in [2.05, 4.69) is 20.8 Å². The fraction of sp³-hybridized carbons (Fsp3) is 0.278. The molecule has 0 atom stereocenters. The van der Waals surface area contributed by atoms with Gasteiger partial charge in [0.2, 0.25) is 0 Å². The van der Waals surface area contributed by atoms with Gasteiger partial charge in [-0.05, 0) is 71.8 Å². The fourth-order valence-electron chi connectivity index (χ4n) is 2.98. The Balaban J connectivity index is 1.51. The number of rotatable bonds is 4. The molecule has 6 nitrogen and oxygen atoms in total. The lowest BCUT2D eigenvalue weighted by atomic mass is 10.0. The first-order valence-corrected chi connectivity index (χ1v) is 8.30. The van der Waals surface area contributed by atoms with Gasteiger partial charge in [-0.2, -0.15) is 4.68 Å². The minimum Gasteiger partial charge on any atom is -0.490 e. The van der Waals surface area contributed by atoms with E-state index in [9.17, 15) is 4.39 Å². The van der Waals surface area contributed by atoms with Gasteiger partial charge in [0.1, 0.15) is 29.7 Å². The second-order valence-electron chi connectivity index (χ2n) is 6.01. The summed E-state index contributed by atoms with van der Waals surface area (Å²) in [7, 11) is 0. The lowest BCUT2D eigenvalue weighted by molar-refractivity contribution is 0.162. The molecule has 1 aliphatic rings. The van der Waals surface area contributed by atoms with E-state index < -0.39 is 0 Å². The van der Waals surface area contributed by atoms with Crippen LogP contribution >= 0.6 is 0 Å². The molecule has 1 saturated heterocycles. The highest BCUT2D eigenvalue weighted by molar-refractivity contribution is 5.65. The summed E-state index contributed by atoms with van der Waals surface area (Å²) < 4.78 is 21.6. The number of halogens is 1. The molecule has 1 aliphatic heterocycles.